The van der Waals surface area contributed by atoms with Gasteiger partial charge in [-0.15, -0.1) is 0 Å². The number of anilines is 1. The Bertz CT molecular complexity index is 1010. The van der Waals surface area contributed by atoms with E-state index in [1.54, 1.807) is 12.3 Å². The second-order valence-electron chi connectivity index (χ2n) is 7.31. The third-order valence-electron chi connectivity index (χ3n) is 5.33. The van der Waals surface area contributed by atoms with Crippen molar-refractivity contribution in [3.05, 3.63) is 52.9 Å². The summed E-state index contributed by atoms with van der Waals surface area (Å²) in [4.78, 5) is 25.7. The van der Waals surface area contributed by atoms with Crippen molar-refractivity contribution in [1.82, 2.24) is 19.4 Å². The lowest BCUT2D eigenvalue weighted by Gasteiger charge is -2.27. The van der Waals surface area contributed by atoms with E-state index in [1.165, 1.54) is 6.42 Å². The minimum Gasteiger partial charge on any atom is -0.351 e. The Balaban J connectivity index is 1.53. The predicted octanol–water partition coefficient (Wildman–Crippen LogP) is 3.88. The lowest BCUT2D eigenvalue weighted by atomic mass is 10.1. The molecule has 3 aromatic rings. The van der Waals surface area contributed by atoms with E-state index in [0.717, 1.165) is 42.8 Å². The van der Waals surface area contributed by atoms with Crippen molar-refractivity contribution in [2.45, 2.75) is 25.8 Å². The van der Waals surface area contributed by atoms with Gasteiger partial charge < -0.3 is 14.4 Å². The van der Waals surface area contributed by atoms with E-state index in [0.29, 0.717) is 22.9 Å². The number of halogens is 1. The Hall–Kier alpha value is -2.60. The third-order valence-corrected chi connectivity index (χ3v) is 5.61. The van der Waals surface area contributed by atoms with Crippen LogP contribution >= 0.6 is 11.6 Å². The van der Waals surface area contributed by atoms with Crippen molar-refractivity contribution < 1.29 is 4.79 Å². The van der Waals surface area contributed by atoms with Crippen LogP contribution in [0.4, 0.5) is 5.82 Å². The Morgan fingerprint density at radius 3 is 2.68 bits per heavy atom. The van der Waals surface area contributed by atoms with Gasteiger partial charge in [-0.25, -0.2) is 9.97 Å². The monoisotopic (exact) mass is 397 g/mol. The number of rotatable bonds is 4. The number of carbonyl (C=O) groups excluding carboxylic acids is 1. The first-order valence-electron chi connectivity index (χ1n) is 9.61. The van der Waals surface area contributed by atoms with E-state index in [2.05, 4.69) is 15.6 Å². The molecule has 6 nitrogen and oxygen atoms in total. The molecule has 0 aliphatic carbocycles. The van der Waals surface area contributed by atoms with Gasteiger partial charge in [-0.3, -0.25) is 4.79 Å². The fraction of sp³-hybridized carbons (Fsp3) is 0.381. The lowest BCUT2D eigenvalue weighted by Crippen LogP contribution is -2.35. The van der Waals surface area contributed by atoms with Gasteiger partial charge in [0.1, 0.15) is 11.6 Å². The summed E-state index contributed by atoms with van der Waals surface area (Å²) in [5.41, 5.74) is 2.61. The van der Waals surface area contributed by atoms with Crippen molar-refractivity contribution in [2.24, 2.45) is 7.05 Å². The summed E-state index contributed by atoms with van der Waals surface area (Å²) in [5.74, 6) is 1.58. The highest BCUT2D eigenvalue weighted by Gasteiger charge is 2.20. The molecular formula is C21H24ClN5O. The highest BCUT2D eigenvalue weighted by molar-refractivity contribution is 6.33. The maximum absolute atomic E-state index is 12.7. The van der Waals surface area contributed by atoms with Gasteiger partial charge >= 0.3 is 0 Å². The number of carbonyl (C=O) groups is 1. The molecule has 0 spiro atoms. The molecule has 0 radical (unpaired) electrons. The predicted molar refractivity (Wildman–Crippen MR) is 112 cm³/mol. The molecule has 0 unspecified atom stereocenters. The summed E-state index contributed by atoms with van der Waals surface area (Å²) < 4.78 is 2.08. The van der Waals surface area contributed by atoms with Crippen LogP contribution in [0.15, 0.2) is 36.5 Å². The van der Waals surface area contributed by atoms with Gasteiger partial charge in [0.15, 0.2) is 0 Å². The Labute approximate surface area is 169 Å². The molecule has 2 aromatic heterocycles. The summed E-state index contributed by atoms with van der Waals surface area (Å²) in [6, 6.07) is 9.78. The van der Waals surface area contributed by atoms with Crippen LogP contribution in [0, 0.1) is 0 Å². The first kappa shape index (κ1) is 18.7. The molecule has 4 rings (SSSR count). The molecule has 1 aliphatic heterocycles. The maximum atomic E-state index is 12.7. The number of fused-ring (bicyclic) bond motifs is 1. The average molecular weight is 398 g/mol. The molecule has 28 heavy (non-hydrogen) atoms. The molecule has 0 saturated carbocycles. The van der Waals surface area contributed by atoms with Crippen LogP contribution in [0.25, 0.3) is 11.0 Å². The molecule has 1 saturated heterocycles. The molecule has 0 bridgehead atoms. The minimum absolute atomic E-state index is 0.0126. The molecule has 146 valence electrons. The lowest BCUT2D eigenvalue weighted by molar-refractivity contribution is 0.0724. The zero-order valence-corrected chi connectivity index (χ0v) is 17.0. The second-order valence-corrected chi connectivity index (χ2v) is 7.72. The SMILES string of the molecule is CN(Cc1nc2ccccc2n1C)c1ncc(C(=O)N2CCCCC2)cc1Cl. The molecule has 1 aliphatic rings. The smallest absolute Gasteiger partial charge is 0.255 e. The van der Waals surface area contributed by atoms with Crippen LogP contribution in [-0.2, 0) is 13.6 Å². The van der Waals surface area contributed by atoms with Crippen molar-refractivity contribution in [2.75, 3.05) is 25.0 Å². The Kier molecular flexibility index (Phi) is 5.22. The molecule has 7 heteroatoms. The van der Waals surface area contributed by atoms with Crippen LogP contribution in [0.1, 0.15) is 35.4 Å². The highest BCUT2D eigenvalue weighted by atomic mass is 35.5. The number of likely N-dealkylation sites (tertiary alicyclic amines) is 1. The van der Waals surface area contributed by atoms with Gasteiger partial charge in [0.25, 0.3) is 5.91 Å². The van der Waals surface area contributed by atoms with E-state index in [9.17, 15) is 4.79 Å². The molecule has 3 heterocycles. The number of imidazole rings is 1. The summed E-state index contributed by atoms with van der Waals surface area (Å²) in [6.45, 7) is 2.19. The first-order valence-corrected chi connectivity index (χ1v) is 9.98. The Morgan fingerprint density at radius 2 is 1.96 bits per heavy atom. The van der Waals surface area contributed by atoms with Crippen molar-refractivity contribution in [3.8, 4) is 0 Å². The molecule has 0 atom stereocenters. The number of pyridine rings is 1. The van der Waals surface area contributed by atoms with E-state index in [-0.39, 0.29) is 5.91 Å². The number of hydrogen-bond donors (Lipinski definition) is 0. The van der Waals surface area contributed by atoms with Crippen LogP contribution in [0.3, 0.4) is 0 Å². The quantitative estimate of drug-likeness (QED) is 0.670. The number of para-hydroxylation sites is 2. The average Bonchev–Trinajstić information content (AvgIpc) is 3.03. The summed E-state index contributed by atoms with van der Waals surface area (Å²) >= 11 is 6.49. The highest BCUT2D eigenvalue weighted by Crippen LogP contribution is 2.26. The van der Waals surface area contributed by atoms with Gasteiger partial charge in [-0.1, -0.05) is 23.7 Å². The fourth-order valence-corrected chi connectivity index (χ4v) is 4.04. The summed E-state index contributed by atoms with van der Waals surface area (Å²) in [5, 5.41) is 0.476. The van der Waals surface area contributed by atoms with E-state index in [1.807, 2.05) is 42.1 Å². The summed E-state index contributed by atoms with van der Waals surface area (Å²) in [6.07, 6.45) is 4.94. The second kappa shape index (κ2) is 7.80. The number of piperidine rings is 1. The number of nitrogens with zero attached hydrogens (tertiary/aromatic N) is 5. The first-order chi connectivity index (χ1) is 13.5. The van der Waals surface area contributed by atoms with Crippen LogP contribution < -0.4 is 4.90 Å². The van der Waals surface area contributed by atoms with Crippen LogP contribution in [0.5, 0.6) is 0 Å². The van der Waals surface area contributed by atoms with Crippen LogP contribution in [0.2, 0.25) is 5.02 Å². The largest absolute Gasteiger partial charge is 0.351 e. The zero-order chi connectivity index (χ0) is 19.7. The van der Waals surface area contributed by atoms with Gasteiger partial charge in [0.2, 0.25) is 0 Å². The molecule has 0 N–H and O–H groups in total. The van der Waals surface area contributed by atoms with Crippen LogP contribution in [-0.4, -0.2) is 45.5 Å². The number of aromatic nitrogens is 3. The molecule has 1 fully saturated rings. The molecular weight excluding hydrogens is 374 g/mol. The maximum Gasteiger partial charge on any atom is 0.255 e. The van der Waals surface area contributed by atoms with Gasteiger partial charge in [0.05, 0.1) is 28.2 Å². The normalized spacial score (nSPS) is 14.5. The van der Waals surface area contributed by atoms with Gasteiger partial charge in [-0.2, -0.15) is 0 Å². The zero-order valence-electron chi connectivity index (χ0n) is 16.2. The van der Waals surface area contributed by atoms with Crippen molar-refractivity contribution in [1.29, 1.82) is 0 Å². The third kappa shape index (κ3) is 3.56. The minimum atomic E-state index is 0.0126. The van der Waals surface area contributed by atoms with Crippen molar-refractivity contribution >= 4 is 34.4 Å². The Morgan fingerprint density at radius 1 is 1.21 bits per heavy atom. The molecule has 1 aromatic carbocycles. The number of hydrogen-bond acceptors (Lipinski definition) is 4. The topological polar surface area (TPSA) is 54.3 Å². The molecule has 1 amide bonds. The van der Waals surface area contributed by atoms with E-state index < -0.39 is 0 Å². The number of benzene rings is 1. The standard InChI is InChI=1S/C21H24ClN5O/c1-25(14-19-24-17-8-4-5-9-18(17)26(19)2)20-16(22)12-15(13-23-20)21(28)27-10-6-3-7-11-27/h4-5,8-9,12-13H,3,6-7,10-11,14H2,1-2H3. The number of aryl methyl sites for hydroxylation is 1. The number of amides is 1. The van der Waals surface area contributed by atoms with Gasteiger partial charge in [-0.05, 0) is 37.5 Å². The van der Waals surface area contributed by atoms with E-state index in [4.69, 9.17) is 16.6 Å². The summed E-state index contributed by atoms with van der Waals surface area (Å²) in [7, 11) is 3.94. The van der Waals surface area contributed by atoms with Gasteiger partial charge in [0, 0.05) is 33.4 Å². The van der Waals surface area contributed by atoms with E-state index >= 15 is 0 Å². The van der Waals surface area contributed by atoms with Crippen molar-refractivity contribution in [3.63, 3.8) is 0 Å². The fourth-order valence-electron chi connectivity index (χ4n) is 3.73.